The summed E-state index contributed by atoms with van der Waals surface area (Å²) < 4.78 is 0. The number of hydrogen-bond donors (Lipinski definition) is 2. The Labute approximate surface area is 54.7 Å². The topological polar surface area (TPSA) is 53.6 Å². The van der Waals surface area contributed by atoms with Gasteiger partial charge in [-0.3, -0.25) is 5.01 Å². The quantitative estimate of drug-likeness (QED) is 0.483. The molecular formula is C5H12N4. The molecule has 0 spiro atoms. The molecule has 0 bridgehead atoms. The Morgan fingerprint density at radius 3 is 3.22 bits per heavy atom. The molecule has 1 aliphatic heterocycles. The van der Waals surface area contributed by atoms with E-state index >= 15 is 0 Å². The van der Waals surface area contributed by atoms with Crippen LogP contribution < -0.4 is 11.1 Å². The predicted octanol–water partition coefficient (Wildman–Crippen LogP) is -0.860. The van der Waals surface area contributed by atoms with Crippen molar-refractivity contribution in [2.45, 2.75) is 13.1 Å². The molecule has 1 heterocycles. The predicted molar refractivity (Wildman–Crippen MR) is 36.9 cm³/mol. The zero-order valence-electron chi connectivity index (χ0n) is 5.54. The molecule has 3 N–H and O–H groups in total. The fourth-order valence-electron chi connectivity index (χ4n) is 0.748. The van der Waals surface area contributed by atoms with E-state index in [1.807, 2.05) is 5.01 Å². The van der Waals surface area contributed by atoms with Gasteiger partial charge in [-0.1, -0.05) is 0 Å². The van der Waals surface area contributed by atoms with Gasteiger partial charge in [-0.2, -0.15) is 5.10 Å². The van der Waals surface area contributed by atoms with Crippen molar-refractivity contribution in [2.75, 3.05) is 13.1 Å². The fourth-order valence-corrected chi connectivity index (χ4v) is 0.748. The van der Waals surface area contributed by atoms with Gasteiger partial charge in [0.05, 0.1) is 12.7 Å². The number of nitrogens with one attached hydrogen (secondary N) is 1. The molecule has 0 amide bonds. The average Bonchev–Trinajstić information content (AvgIpc) is 1.88. The third-order valence-electron chi connectivity index (χ3n) is 1.28. The molecule has 0 aromatic rings. The SMILES string of the molecule is CCN1CC(N)NC=N1. The van der Waals surface area contributed by atoms with Crippen molar-refractivity contribution in [1.29, 1.82) is 0 Å². The van der Waals surface area contributed by atoms with Crippen LogP contribution in [0.25, 0.3) is 0 Å². The monoisotopic (exact) mass is 128 g/mol. The van der Waals surface area contributed by atoms with Crippen LogP contribution in [-0.2, 0) is 0 Å². The summed E-state index contributed by atoms with van der Waals surface area (Å²) in [5, 5.41) is 8.82. The molecule has 1 atom stereocenters. The highest BCUT2D eigenvalue weighted by Gasteiger charge is 2.07. The lowest BCUT2D eigenvalue weighted by Gasteiger charge is -2.25. The van der Waals surface area contributed by atoms with Crippen LogP contribution in [0.3, 0.4) is 0 Å². The van der Waals surface area contributed by atoms with Gasteiger partial charge in [0.25, 0.3) is 0 Å². The molecule has 9 heavy (non-hydrogen) atoms. The summed E-state index contributed by atoms with van der Waals surface area (Å²) in [5.41, 5.74) is 5.56. The molecule has 1 aliphatic rings. The van der Waals surface area contributed by atoms with Gasteiger partial charge in [0.15, 0.2) is 0 Å². The van der Waals surface area contributed by atoms with Crippen LogP contribution in [0.5, 0.6) is 0 Å². The maximum absolute atomic E-state index is 5.56. The molecule has 1 unspecified atom stereocenters. The molecule has 4 heteroatoms. The Kier molecular flexibility index (Phi) is 1.89. The van der Waals surface area contributed by atoms with Crippen LogP contribution in [0.15, 0.2) is 5.10 Å². The first-order valence-corrected chi connectivity index (χ1v) is 3.12. The molecule has 0 aromatic heterocycles. The molecule has 0 saturated heterocycles. The normalized spacial score (nSPS) is 26.0. The molecule has 0 saturated carbocycles. The molecule has 1 rings (SSSR count). The summed E-state index contributed by atoms with van der Waals surface area (Å²) in [6.45, 7) is 3.77. The average molecular weight is 128 g/mol. The Bertz CT molecular complexity index is 112. The van der Waals surface area contributed by atoms with Crippen molar-refractivity contribution in [3.63, 3.8) is 0 Å². The number of nitrogens with two attached hydrogens (primary N) is 1. The van der Waals surface area contributed by atoms with Crippen molar-refractivity contribution in [3.8, 4) is 0 Å². The third-order valence-corrected chi connectivity index (χ3v) is 1.28. The number of nitrogens with zero attached hydrogens (tertiary/aromatic N) is 2. The first-order valence-electron chi connectivity index (χ1n) is 3.12. The standard InChI is InChI=1S/C5H12N4/c1-2-9-3-5(6)7-4-8-9/h4-5H,2-3,6H2,1H3,(H,7,8). The van der Waals surface area contributed by atoms with Gasteiger partial charge in [-0.05, 0) is 6.92 Å². The van der Waals surface area contributed by atoms with E-state index in [0.717, 1.165) is 13.1 Å². The van der Waals surface area contributed by atoms with Gasteiger partial charge in [0.2, 0.25) is 0 Å². The second-order valence-electron chi connectivity index (χ2n) is 2.02. The molecule has 0 fully saturated rings. The first-order chi connectivity index (χ1) is 4.33. The van der Waals surface area contributed by atoms with E-state index in [2.05, 4.69) is 17.3 Å². The highest BCUT2D eigenvalue weighted by molar-refractivity contribution is 5.54. The van der Waals surface area contributed by atoms with Gasteiger partial charge < -0.3 is 11.1 Å². The van der Waals surface area contributed by atoms with Crippen molar-refractivity contribution in [1.82, 2.24) is 10.3 Å². The van der Waals surface area contributed by atoms with Gasteiger partial charge in [-0.15, -0.1) is 0 Å². The zero-order chi connectivity index (χ0) is 6.69. The lowest BCUT2D eigenvalue weighted by Crippen LogP contribution is -2.48. The van der Waals surface area contributed by atoms with Crippen molar-refractivity contribution < 1.29 is 0 Å². The fraction of sp³-hybridized carbons (Fsp3) is 0.800. The number of hydrogen-bond acceptors (Lipinski definition) is 4. The van der Waals surface area contributed by atoms with E-state index in [1.54, 1.807) is 6.34 Å². The minimum absolute atomic E-state index is 0.0439. The van der Waals surface area contributed by atoms with Crippen molar-refractivity contribution >= 4 is 6.34 Å². The maximum atomic E-state index is 5.56. The molecule has 0 aliphatic carbocycles. The van der Waals surface area contributed by atoms with Crippen LogP contribution in [-0.4, -0.2) is 30.6 Å². The Hall–Kier alpha value is -0.770. The summed E-state index contributed by atoms with van der Waals surface area (Å²) in [6.07, 6.45) is 1.68. The van der Waals surface area contributed by atoms with E-state index < -0.39 is 0 Å². The molecule has 0 radical (unpaired) electrons. The summed E-state index contributed by atoms with van der Waals surface area (Å²) in [6, 6.07) is 0. The molecule has 4 nitrogen and oxygen atoms in total. The summed E-state index contributed by atoms with van der Waals surface area (Å²) in [7, 11) is 0. The molecular weight excluding hydrogens is 116 g/mol. The lowest BCUT2D eigenvalue weighted by molar-refractivity contribution is 0.261. The Morgan fingerprint density at radius 2 is 2.78 bits per heavy atom. The second-order valence-corrected chi connectivity index (χ2v) is 2.02. The van der Waals surface area contributed by atoms with Crippen LogP contribution in [0, 0.1) is 0 Å². The van der Waals surface area contributed by atoms with Crippen LogP contribution in [0.2, 0.25) is 0 Å². The van der Waals surface area contributed by atoms with Crippen molar-refractivity contribution in [3.05, 3.63) is 0 Å². The van der Waals surface area contributed by atoms with E-state index in [0.29, 0.717) is 0 Å². The minimum Gasteiger partial charge on any atom is -0.358 e. The Balaban J connectivity index is 2.39. The molecule has 0 aromatic carbocycles. The van der Waals surface area contributed by atoms with Gasteiger partial charge in [0.1, 0.15) is 6.34 Å². The van der Waals surface area contributed by atoms with Crippen molar-refractivity contribution in [2.24, 2.45) is 10.8 Å². The summed E-state index contributed by atoms with van der Waals surface area (Å²) in [5.74, 6) is 0. The second kappa shape index (κ2) is 2.68. The maximum Gasteiger partial charge on any atom is 0.110 e. The summed E-state index contributed by atoms with van der Waals surface area (Å²) in [4.78, 5) is 0. The van der Waals surface area contributed by atoms with Gasteiger partial charge >= 0.3 is 0 Å². The lowest BCUT2D eigenvalue weighted by atomic mass is 10.4. The van der Waals surface area contributed by atoms with E-state index in [4.69, 9.17) is 5.73 Å². The smallest absolute Gasteiger partial charge is 0.110 e. The minimum atomic E-state index is 0.0439. The number of rotatable bonds is 1. The van der Waals surface area contributed by atoms with Gasteiger partial charge in [-0.25, -0.2) is 0 Å². The van der Waals surface area contributed by atoms with Crippen LogP contribution >= 0.6 is 0 Å². The third kappa shape index (κ3) is 1.57. The number of likely N-dealkylation sites (N-methyl/N-ethyl adjacent to an activating group) is 1. The van der Waals surface area contributed by atoms with Crippen LogP contribution in [0.1, 0.15) is 6.92 Å². The van der Waals surface area contributed by atoms with Gasteiger partial charge in [0, 0.05) is 6.54 Å². The summed E-state index contributed by atoms with van der Waals surface area (Å²) >= 11 is 0. The molecule has 52 valence electrons. The highest BCUT2D eigenvalue weighted by atomic mass is 15.5. The van der Waals surface area contributed by atoms with E-state index in [-0.39, 0.29) is 6.17 Å². The Morgan fingerprint density at radius 1 is 2.00 bits per heavy atom. The largest absolute Gasteiger partial charge is 0.358 e. The van der Waals surface area contributed by atoms with Crippen LogP contribution in [0.4, 0.5) is 0 Å². The highest BCUT2D eigenvalue weighted by Crippen LogP contribution is 1.91. The van der Waals surface area contributed by atoms with E-state index in [1.165, 1.54) is 0 Å². The zero-order valence-corrected chi connectivity index (χ0v) is 5.54. The van der Waals surface area contributed by atoms with E-state index in [9.17, 15) is 0 Å². The first kappa shape index (κ1) is 6.35. The number of hydrazone groups is 1.